The lowest BCUT2D eigenvalue weighted by atomic mass is 9.96. The van der Waals surface area contributed by atoms with Crippen molar-refractivity contribution in [1.82, 2.24) is 29.9 Å². The van der Waals surface area contributed by atoms with Gasteiger partial charge in [0, 0.05) is 8.42 Å². The molecule has 8 aromatic rings. The number of fused-ring (bicyclic) bond motifs is 6. The van der Waals surface area contributed by atoms with Crippen LogP contribution in [-0.4, -0.2) is 29.9 Å². The minimum Gasteiger partial charge on any atom is -0.237 e. The topological polar surface area (TPSA) is 419 Å². The summed E-state index contributed by atoms with van der Waals surface area (Å²) < 4.78 is 219. The molecule has 22 nitrogen and oxygen atoms in total. The summed E-state index contributed by atoms with van der Waals surface area (Å²) in [4.78, 5) is 29.6. The average Bonchev–Trinajstić information content (AvgIpc) is 1.74. The SMILES string of the molecule is N#CC(C#N)=c1c(F)c(F)c(=C(C#N)C#N)c(F)c1F.N#Cc1nc2c3nc(C#N)c(C#N)nc3c3nc(C#N)c(C#N)nc3c2nc1C#N.[2HH].[C-]#[N+]C(=C1C(=C(C#N)c2c(F)c(C)c(C#N)c(F)c2F)C1=C(C#N)c1c(F)c(F)c([N+]#[C-])c(F)c1F)c1c(F)c(F)c(C#N)c(F)c1F.[HH]. The van der Waals surface area contributed by atoms with Crippen LogP contribution in [0.4, 0.5) is 71.5 Å². The van der Waals surface area contributed by atoms with Gasteiger partial charge in [-0.1, -0.05) is 0 Å². The van der Waals surface area contributed by atoms with E-state index in [9.17, 15) is 81.6 Å². The summed E-state index contributed by atoms with van der Waals surface area (Å²) in [5.41, 5.74) is -24.5. The van der Waals surface area contributed by atoms with Crippen molar-refractivity contribution >= 4 is 66.8 Å². The van der Waals surface area contributed by atoms with Crippen molar-refractivity contribution in [3.05, 3.63) is 205 Å². The molecule has 1 aliphatic rings. The van der Waals surface area contributed by atoms with E-state index in [0.717, 1.165) is 55.5 Å². The van der Waals surface area contributed by atoms with Gasteiger partial charge in [-0.05, 0) is 23.6 Å². The van der Waals surface area contributed by atoms with Crippen molar-refractivity contribution in [2.45, 2.75) is 6.92 Å². The Balaban J connectivity index is 0.000000295. The molecule has 98 heavy (non-hydrogen) atoms. The summed E-state index contributed by atoms with van der Waals surface area (Å²) in [6.07, 6.45) is 0. The van der Waals surface area contributed by atoms with Crippen LogP contribution in [0.3, 0.4) is 0 Å². The molecule has 0 atom stereocenters. The van der Waals surface area contributed by atoms with Crippen LogP contribution in [0.15, 0.2) is 16.7 Å². The predicted molar refractivity (Wildman–Crippen MR) is 291 cm³/mol. The maximum atomic E-state index is 15.4. The largest absolute Gasteiger partial charge is 0.262 e. The van der Waals surface area contributed by atoms with Crippen molar-refractivity contribution < 1.29 is 68.7 Å². The summed E-state index contributed by atoms with van der Waals surface area (Å²) in [6.45, 7) is 14.9. The molecule has 5 aromatic carbocycles. The molecule has 0 radical (unpaired) electrons. The van der Waals surface area contributed by atoms with Crippen LogP contribution < -0.4 is 10.4 Å². The summed E-state index contributed by atoms with van der Waals surface area (Å²) in [5.74, 6) is -33.7. The second-order valence-corrected chi connectivity index (χ2v) is 17.9. The van der Waals surface area contributed by atoms with Gasteiger partial charge in [-0.2, -0.15) is 73.7 Å². The second kappa shape index (κ2) is 27.1. The van der Waals surface area contributed by atoms with Crippen LogP contribution in [-0.2, 0) is 0 Å². The zero-order valence-corrected chi connectivity index (χ0v) is 46.5. The summed E-state index contributed by atoms with van der Waals surface area (Å²) >= 11 is 0. The van der Waals surface area contributed by atoms with E-state index in [4.69, 9.17) is 44.7 Å². The van der Waals surface area contributed by atoms with Crippen LogP contribution in [0.25, 0.3) is 70.8 Å². The molecule has 0 amide bonds. The second-order valence-electron chi connectivity index (χ2n) is 17.9. The smallest absolute Gasteiger partial charge is 0.237 e. The van der Waals surface area contributed by atoms with Crippen molar-refractivity contribution in [3.8, 4) is 85.0 Å². The molecule has 9 rings (SSSR count). The number of halogens is 15. The Labute approximate surface area is 534 Å². The van der Waals surface area contributed by atoms with Crippen molar-refractivity contribution in [2.75, 3.05) is 0 Å². The highest BCUT2D eigenvalue weighted by Gasteiger charge is 2.46. The molecule has 0 unspecified atom stereocenters. The lowest BCUT2D eigenvalue weighted by Gasteiger charge is -2.09. The monoisotopic (exact) mass is 1330 g/mol. The number of nitriles is 14. The van der Waals surface area contributed by atoms with Crippen LogP contribution in [0.1, 0.15) is 70.4 Å². The van der Waals surface area contributed by atoms with Gasteiger partial charge in [0.1, 0.15) is 141 Å². The Bertz CT molecular complexity index is 5320. The fourth-order valence-electron chi connectivity index (χ4n) is 8.75. The van der Waals surface area contributed by atoms with Gasteiger partial charge in [0.05, 0.1) is 57.0 Å². The first-order valence-electron chi connectivity index (χ1n) is 24.5. The van der Waals surface area contributed by atoms with Gasteiger partial charge in [-0.3, -0.25) is 0 Å². The molecule has 0 N–H and O–H groups in total. The Morgan fingerprint density at radius 2 is 0.592 bits per heavy atom. The van der Waals surface area contributed by atoms with Gasteiger partial charge < -0.3 is 0 Å². The predicted octanol–water partition coefficient (Wildman–Crippen LogP) is 10.3. The highest BCUT2D eigenvalue weighted by atomic mass is 19.2. The van der Waals surface area contributed by atoms with Gasteiger partial charge >= 0.3 is 0 Å². The molecule has 466 valence electrons. The first kappa shape index (κ1) is 69.3. The van der Waals surface area contributed by atoms with Gasteiger partial charge in [0.2, 0.25) is 5.70 Å². The number of hydrogen-bond donors (Lipinski definition) is 0. The Morgan fingerprint density at radius 1 is 0.327 bits per heavy atom. The maximum absolute atomic E-state index is 15.4. The van der Waals surface area contributed by atoms with Crippen molar-refractivity contribution in [2.24, 2.45) is 0 Å². The van der Waals surface area contributed by atoms with Crippen molar-refractivity contribution in [3.63, 3.8) is 0 Å². The van der Waals surface area contributed by atoms with Gasteiger partial charge in [-0.25, -0.2) is 105 Å². The fourth-order valence-corrected chi connectivity index (χ4v) is 8.75. The molecule has 0 bridgehead atoms. The van der Waals surface area contributed by atoms with E-state index in [-0.39, 0.29) is 70.1 Å². The highest BCUT2D eigenvalue weighted by Crippen LogP contribution is 2.58. The number of aromatic nitrogens is 6. The average molecular weight is 1330 g/mol. The van der Waals surface area contributed by atoms with E-state index in [1.54, 1.807) is 36.4 Å². The Hall–Kier alpha value is -16.1. The van der Waals surface area contributed by atoms with E-state index in [2.05, 4.69) is 39.6 Å². The standard InChI is InChI=1S/C31H3F11N6.C18N12.C12F4N4.2H2/c1-8-9(4-43)20(33)23(36)15(19(8)32)10(5-44)13-14(11(6-45)16-24(37)28(41)31(48-3)29(42)25(16)38)17(13)30(47-2)18-26(39)21(34)12(7-46)22(35)27(18)40;19-1-7-8(2-20)26-14-13(25-7)15-17(29-10(4-22)9(3-21)27-15)18-16(14)28-11(5-23)12(6-24)30-18;13-9-7(5(1-17)2-18)10(14)12(16)8(11(9)15)6(3-19)4-20;;/h1H3;;;2*1H/i;;;1+1;. The number of hydrogen-bond acceptors (Lipinski definition) is 20. The fraction of sp³-hybridized carbons (Fsp3) is 0.0164. The van der Waals surface area contributed by atoms with E-state index in [1.165, 1.54) is 0 Å². The number of rotatable bonds is 3. The molecule has 1 saturated carbocycles. The number of benzene rings is 5. The molecule has 0 saturated heterocycles. The summed E-state index contributed by atoms with van der Waals surface area (Å²) in [7, 11) is 0. The van der Waals surface area contributed by atoms with Crippen LogP contribution in [0.2, 0.25) is 0 Å². The van der Waals surface area contributed by atoms with Crippen LogP contribution >= 0.6 is 0 Å². The quantitative estimate of drug-likeness (QED) is 0.0521. The molecular formula is C61H7F15N22. The molecule has 1 fully saturated rings. The Kier molecular flexibility index (Phi) is 19.2. The zero-order chi connectivity index (χ0) is 73.0. The first-order valence-corrected chi connectivity index (χ1v) is 24.5. The lowest BCUT2D eigenvalue weighted by molar-refractivity contribution is 0.434. The molecule has 0 aliphatic heterocycles. The summed E-state index contributed by atoms with van der Waals surface area (Å²) in [6, 6.07) is 19.0. The van der Waals surface area contributed by atoms with E-state index in [0.29, 0.717) is 0 Å². The van der Waals surface area contributed by atoms with Gasteiger partial charge in [0.15, 0.2) is 116 Å². The van der Waals surface area contributed by atoms with Crippen LogP contribution in [0.5, 0.6) is 0 Å². The van der Waals surface area contributed by atoms with Crippen LogP contribution in [0, 0.1) is 266 Å². The third-order valence-electron chi connectivity index (χ3n) is 13.1. The Morgan fingerprint density at radius 3 is 0.837 bits per heavy atom. The van der Waals surface area contributed by atoms with E-state index >= 15 is 26.3 Å². The summed E-state index contributed by atoms with van der Waals surface area (Å²) in [5, 5.41) is 124. The molecule has 3 heterocycles. The zero-order valence-electron chi connectivity index (χ0n) is 46.5. The molecule has 37 heteroatoms. The molecule has 3 aromatic heterocycles. The van der Waals surface area contributed by atoms with E-state index < -0.39 is 181 Å². The first-order chi connectivity index (χ1) is 46.6. The van der Waals surface area contributed by atoms with E-state index in [1.807, 2.05) is 0 Å². The third-order valence-corrected chi connectivity index (χ3v) is 13.1. The maximum Gasteiger partial charge on any atom is 0.262 e. The molecular weight excluding hydrogens is 1330 g/mol. The minimum absolute atomic E-state index is 0. The lowest BCUT2D eigenvalue weighted by Crippen LogP contribution is -2.31. The molecule has 1 aliphatic carbocycles. The minimum atomic E-state index is -2.46. The van der Waals surface area contributed by atoms with Gasteiger partial charge in [-0.15, -0.1) is 0 Å². The van der Waals surface area contributed by atoms with Crippen molar-refractivity contribution in [1.29, 1.82) is 73.7 Å². The highest BCUT2D eigenvalue weighted by molar-refractivity contribution is 6.18. The normalized spacial score (nSPS) is 12.1. The third kappa shape index (κ3) is 10.9. The number of allylic oxidation sites excluding steroid dienone is 5. The number of nitrogens with zero attached hydrogens (tertiary/aromatic N) is 22. The molecule has 0 spiro atoms. The van der Waals surface area contributed by atoms with Gasteiger partial charge in [0.25, 0.3) is 5.69 Å².